The molecular formula is C21H44IN5O3. The van der Waals surface area contributed by atoms with E-state index in [2.05, 4.69) is 39.7 Å². The summed E-state index contributed by atoms with van der Waals surface area (Å²) in [6.07, 6.45) is 2.75. The summed E-state index contributed by atoms with van der Waals surface area (Å²) in [5.74, 6) is 1.45. The van der Waals surface area contributed by atoms with Crippen LogP contribution in [0.4, 0.5) is 4.79 Å². The fourth-order valence-corrected chi connectivity index (χ4v) is 3.56. The quantitative estimate of drug-likeness (QED) is 0.171. The van der Waals surface area contributed by atoms with E-state index in [0.717, 1.165) is 51.8 Å². The van der Waals surface area contributed by atoms with Crippen molar-refractivity contribution in [3.05, 3.63) is 0 Å². The fourth-order valence-electron chi connectivity index (χ4n) is 3.56. The summed E-state index contributed by atoms with van der Waals surface area (Å²) in [6.45, 7) is 15.9. The van der Waals surface area contributed by atoms with Crippen LogP contribution in [0.2, 0.25) is 0 Å². The van der Waals surface area contributed by atoms with E-state index < -0.39 is 5.60 Å². The second-order valence-corrected chi connectivity index (χ2v) is 8.45. The smallest absolute Gasteiger partial charge is 0.407 e. The number of nitrogens with zero attached hydrogens (tertiary/aromatic N) is 2. The average Bonchev–Trinajstić information content (AvgIpc) is 2.68. The molecule has 178 valence electrons. The van der Waals surface area contributed by atoms with Crippen molar-refractivity contribution in [3.63, 3.8) is 0 Å². The number of nitrogens with one attached hydrogen (secondary N) is 3. The van der Waals surface area contributed by atoms with Gasteiger partial charge in [-0.1, -0.05) is 26.7 Å². The number of amides is 1. The van der Waals surface area contributed by atoms with Crippen LogP contribution in [0.25, 0.3) is 0 Å². The van der Waals surface area contributed by atoms with E-state index >= 15 is 0 Å². The molecule has 0 radical (unpaired) electrons. The summed E-state index contributed by atoms with van der Waals surface area (Å²) in [4.78, 5) is 18.5. The molecule has 30 heavy (non-hydrogen) atoms. The van der Waals surface area contributed by atoms with Crippen molar-refractivity contribution in [2.24, 2.45) is 10.9 Å². The van der Waals surface area contributed by atoms with E-state index in [1.807, 2.05) is 20.8 Å². The molecule has 1 aliphatic rings. The highest BCUT2D eigenvalue weighted by Crippen LogP contribution is 2.19. The first-order valence-corrected chi connectivity index (χ1v) is 11.0. The molecule has 1 saturated heterocycles. The van der Waals surface area contributed by atoms with Crippen LogP contribution in [-0.2, 0) is 9.47 Å². The summed E-state index contributed by atoms with van der Waals surface area (Å²) in [7, 11) is 1.79. The molecule has 0 bridgehead atoms. The van der Waals surface area contributed by atoms with Crippen LogP contribution in [-0.4, -0.2) is 81.6 Å². The van der Waals surface area contributed by atoms with Gasteiger partial charge in [0.15, 0.2) is 5.96 Å². The number of hydrogen-bond acceptors (Lipinski definition) is 5. The molecule has 8 nitrogen and oxygen atoms in total. The largest absolute Gasteiger partial charge is 0.444 e. The molecule has 0 aliphatic carbocycles. The minimum atomic E-state index is -0.472. The number of halogens is 1. The first-order chi connectivity index (χ1) is 13.8. The van der Waals surface area contributed by atoms with E-state index in [0.29, 0.717) is 18.5 Å². The van der Waals surface area contributed by atoms with Crippen molar-refractivity contribution in [1.82, 2.24) is 20.9 Å². The maximum Gasteiger partial charge on any atom is 0.407 e. The summed E-state index contributed by atoms with van der Waals surface area (Å²) in [5, 5.41) is 9.59. The van der Waals surface area contributed by atoms with Crippen LogP contribution in [0.5, 0.6) is 0 Å². The van der Waals surface area contributed by atoms with E-state index in [-0.39, 0.29) is 30.1 Å². The minimum absolute atomic E-state index is 0. The van der Waals surface area contributed by atoms with Gasteiger partial charge >= 0.3 is 6.09 Å². The third-order valence-corrected chi connectivity index (χ3v) is 5.12. The maximum atomic E-state index is 11.7. The third-order valence-electron chi connectivity index (χ3n) is 5.12. The Labute approximate surface area is 200 Å². The van der Waals surface area contributed by atoms with Crippen molar-refractivity contribution >= 4 is 36.0 Å². The molecule has 0 aromatic rings. The normalized spacial score (nSPS) is 16.6. The first-order valence-electron chi connectivity index (χ1n) is 11.0. The van der Waals surface area contributed by atoms with Crippen LogP contribution in [0, 0.1) is 5.92 Å². The van der Waals surface area contributed by atoms with Crippen molar-refractivity contribution in [2.75, 3.05) is 53.0 Å². The van der Waals surface area contributed by atoms with Crippen LogP contribution in [0.1, 0.15) is 53.9 Å². The van der Waals surface area contributed by atoms with Crippen molar-refractivity contribution in [2.45, 2.75) is 65.5 Å². The predicted molar refractivity (Wildman–Crippen MR) is 134 cm³/mol. The van der Waals surface area contributed by atoms with Gasteiger partial charge in [0, 0.05) is 45.8 Å². The molecule has 1 unspecified atom stereocenters. The Bertz CT molecular complexity index is 490. The Morgan fingerprint density at radius 3 is 2.23 bits per heavy atom. The molecule has 3 N–H and O–H groups in total. The Kier molecular flexibility index (Phi) is 15.5. The van der Waals surface area contributed by atoms with Crippen molar-refractivity contribution in [3.8, 4) is 0 Å². The molecule has 1 aliphatic heterocycles. The zero-order valence-corrected chi connectivity index (χ0v) is 22.1. The Balaban J connectivity index is 0.00000841. The minimum Gasteiger partial charge on any atom is -0.444 e. The number of morpholine rings is 1. The van der Waals surface area contributed by atoms with E-state index in [1.165, 1.54) is 12.8 Å². The summed E-state index contributed by atoms with van der Waals surface area (Å²) >= 11 is 0. The molecule has 1 atom stereocenters. The second kappa shape index (κ2) is 15.9. The molecule has 0 saturated carbocycles. The topological polar surface area (TPSA) is 87.2 Å². The summed E-state index contributed by atoms with van der Waals surface area (Å²) in [6, 6.07) is 0.473. The van der Waals surface area contributed by atoms with Gasteiger partial charge in [-0.05, 0) is 33.1 Å². The van der Waals surface area contributed by atoms with Gasteiger partial charge in [0.2, 0.25) is 0 Å². The Morgan fingerprint density at radius 1 is 1.10 bits per heavy atom. The molecule has 0 aromatic heterocycles. The zero-order valence-electron chi connectivity index (χ0n) is 19.8. The molecule has 1 heterocycles. The summed E-state index contributed by atoms with van der Waals surface area (Å²) < 4.78 is 10.8. The number of carbonyl (C=O) groups excluding carboxylic acids is 1. The van der Waals surface area contributed by atoms with Crippen LogP contribution in [0.3, 0.4) is 0 Å². The highest BCUT2D eigenvalue weighted by Gasteiger charge is 2.27. The van der Waals surface area contributed by atoms with E-state index in [4.69, 9.17) is 9.47 Å². The lowest BCUT2D eigenvalue weighted by Crippen LogP contribution is -2.53. The molecule has 9 heteroatoms. The number of guanidine groups is 1. The van der Waals surface area contributed by atoms with Gasteiger partial charge in [-0.15, -0.1) is 24.0 Å². The van der Waals surface area contributed by atoms with Gasteiger partial charge in [-0.2, -0.15) is 0 Å². The maximum absolute atomic E-state index is 11.7. The standard InChI is InChI=1S/C21H43N5O3.HI/c1-7-17(8-2)18(26-12-14-28-15-13-26)16-25-19(22-6)23-10-9-11-24-20(27)29-21(3,4)5;/h17-18H,7-16H2,1-6H3,(H,24,27)(H2,22,23,25);1H. The van der Waals surface area contributed by atoms with Gasteiger partial charge in [-0.25, -0.2) is 4.79 Å². The van der Waals surface area contributed by atoms with E-state index in [1.54, 1.807) is 7.05 Å². The lowest BCUT2D eigenvalue weighted by atomic mass is 9.92. The molecule has 0 spiro atoms. The number of rotatable bonds is 10. The molecule has 1 amide bonds. The van der Waals surface area contributed by atoms with Crippen LogP contribution >= 0.6 is 24.0 Å². The van der Waals surface area contributed by atoms with Crippen molar-refractivity contribution in [1.29, 1.82) is 0 Å². The highest BCUT2D eigenvalue weighted by atomic mass is 127. The lowest BCUT2D eigenvalue weighted by Gasteiger charge is -2.39. The number of hydrogen-bond donors (Lipinski definition) is 3. The first kappa shape index (κ1) is 29.2. The van der Waals surface area contributed by atoms with Gasteiger partial charge in [0.25, 0.3) is 0 Å². The van der Waals surface area contributed by atoms with Gasteiger partial charge in [0.05, 0.1) is 13.2 Å². The highest BCUT2D eigenvalue weighted by molar-refractivity contribution is 14.0. The summed E-state index contributed by atoms with van der Waals surface area (Å²) in [5.41, 5.74) is -0.472. The number of carbonyl (C=O) groups is 1. The lowest BCUT2D eigenvalue weighted by molar-refractivity contribution is 0.00272. The predicted octanol–water partition coefficient (Wildman–Crippen LogP) is 2.82. The monoisotopic (exact) mass is 541 g/mol. The molecule has 1 fully saturated rings. The zero-order chi connectivity index (χ0) is 21.7. The van der Waals surface area contributed by atoms with E-state index in [9.17, 15) is 4.79 Å². The average molecular weight is 542 g/mol. The van der Waals surface area contributed by atoms with Gasteiger partial charge in [-0.3, -0.25) is 9.89 Å². The van der Waals surface area contributed by atoms with Gasteiger partial charge < -0.3 is 25.4 Å². The Morgan fingerprint density at radius 2 is 1.70 bits per heavy atom. The van der Waals surface area contributed by atoms with Crippen molar-refractivity contribution < 1.29 is 14.3 Å². The molecule has 0 aromatic carbocycles. The number of aliphatic imine (C=N–C) groups is 1. The molecular weight excluding hydrogens is 497 g/mol. The third kappa shape index (κ3) is 12.1. The van der Waals surface area contributed by atoms with Crippen LogP contribution in [0.15, 0.2) is 4.99 Å². The number of alkyl carbamates (subject to hydrolysis) is 1. The SMILES string of the molecule is CCC(CC)C(CNC(=NC)NCCCNC(=O)OC(C)(C)C)N1CCOCC1.I. The molecule has 1 rings (SSSR count). The Hall–Kier alpha value is -0.810. The van der Waals surface area contributed by atoms with Gasteiger partial charge in [0.1, 0.15) is 5.60 Å². The second-order valence-electron chi connectivity index (χ2n) is 8.45. The van der Waals surface area contributed by atoms with Crippen LogP contribution < -0.4 is 16.0 Å². The fraction of sp³-hybridized carbons (Fsp3) is 0.905. The number of ether oxygens (including phenoxy) is 2.